The molecule has 23 heavy (non-hydrogen) atoms. The van der Waals surface area contributed by atoms with Crippen LogP contribution in [0.3, 0.4) is 0 Å². The number of carbonyl (C=O) groups is 1. The minimum Gasteiger partial charge on any atom is -0.464 e. The number of hydrogen-bond donors (Lipinski definition) is 1. The molecule has 0 saturated carbocycles. The van der Waals surface area contributed by atoms with Crippen molar-refractivity contribution < 1.29 is 18.7 Å². The molecule has 122 valence electrons. The van der Waals surface area contributed by atoms with Crippen LogP contribution >= 0.6 is 23.2 Å². The van der Waals surface area contributed by atoms with Gasteiger partial charge in [-0.2, -0.15) is 0 Å². The normalized spacial score (nSPS) is 10.7. The Morgan fingerprint density at radius 2 is 2.04 bits per heavy atom. The van der Waals surface area contributed by atoms with Crippen LogP contribution in [-0.4, -0.2) is 25.2 Å². The second-order valence-corrected chi connectivity index (χ2v) is 5.36. The fourth-order valence-electron chi connectivity index (χ4n) is 1.99. The Morgan fingerprint density at radius 1 is 1.35 bits per heavy atom. The van der Waals surface area contributed by atoms with Gasteiger partial charge < -0.3 is 15.2 Å². The highest BCUT2D eigenvalue weighted by Crippen LogP contribution is 2.33. The third-order valence-corrected chi connectivity index (χ3v) is 3.87. The number of ether oxygens (including phenoxy) is 2. The Balaban J connectivity index is 2.65. The summed E-state index contributed by atoms with van der Waals surface area (Å²) in [6, 6.07) is 4.32. The zero-order valence-electron chi connectivity index (χ0n) is 12.3. The monoisotopic (exact) mass is 358 g/mol. The van der Waals surface area contributed by atoms with Gasteiger partial charge in [0.1, 0.15) is 5.82 Å². The van der Waals surface area contributed by atoms with Gasteiger partial charge in [-0.25, -0.2) is 14.2 Å². The summed E-state index contributed by atoms with van der Waals surface area (Å²) in [5.74, 6) is -1.38. The number of carbonyl (C=O) groups excluding carboxylic acids is 1. The number of methoxy groups -OCH3 is 2. The predicted octanol–water partition coefficient (Wildman–Crippen LogP) is 3.71. The first kappa shape index (κ1) is 17.5. The molecule has 2 N–H and O–H groups in total. The van der Waals surface area contributed by atoms with Gasteiger partial charge in [-0.3, -0.25) is 0 Å². The van der Waals surface area contributed by atoms with Gasteiger partial charge in [-0.15, -0.1) is 0 Å². The molecular weight excluding hydrogens is 346 g/mol. The maximum Gasteiger partial charge on any atom is 0.358 e. The Labute approximate surface area is 142 Å². The summed E-state index contributed by atoms with van der Waals surface area (Å²) < 4.78 is 24.2. The number of benzene rings is 1. The number of aromatic nitrogens is 1. The summed E-state index contributed by atoms with van der Waals surface area (Å²) in [4.78, 5) is 15.8. The van der Waals surface area contributed by atoms with E-state index in [2.05, 4.69) is 9.72 Å². The third kappa shape index (κ3) is 3.39. The van der Waals surface area contributed by atoms with Gasteiger partial charge >= 0.3 is 5.97 Å². The lowest BCUT2D eigenvalue weighted by atomic mass is 10.1. The van der Waals surface area contributed by atoms with E-state index in [9.17, 15) is 9.18 Å². The number of esters is 1. The van der Waals surface area contributed by atoms with Crippen molar-refractivity contribution in [2.24, 2.45) is 0 Å². The standard InChI is InChI=1S/C15H13Cl2FN2O3/c1-22-6-8-9(16)4-3-7(13(8)18)11-5-10(19)12(17)14(20-11)15(21)23-2/h3-5H,6H2,1-2H3,(H2,19,20). The minimum atomic E-state index is -0.768. The molecule has 2 aromatic rings. The van der Waals surface area contributed by atoms with E-state index in [0.717, 1.165) is 0 Å². The highest BCUT2D eigenvalue weighted by Gasteiger charge is 2.20. The number of nitrogen functional groups attached to an aromatic ring is 1. The lowest BCUT2D eigenvalue weighted by Gasteiger charge is -2.12. The van der Waals surface area contributed by atoms with Gasteiger partial charge in [0, 0.05) is 23.3 Å². The van der Waals surface area contributed by atoms with E-state index >= 15 is 0 Å². The molecule has 0 spiro atoms. The number of pyridine rings is 1. The lowest BCUT2D eigenvalue weighted by molar-refractivity contribution is 0.0594. The van der Waals surface area contributed by atoms with Crippen LogP contribution in [0.25, 0.3) is 11.3 Å². The second-order valence-electron chi connectivity index (χ2n) is 4.57. The quantitative estimate of drug-likeness (QED) is 0.843. The Morgan fingerprint density at radius 3 is 2.65 bits per heavy atom. The molecule has 0 fully saturated rings. The average molecular weight is 359 g/mol. The highest BCUT2D eigenvalue weighted by molar-refractivity contribution is 6.35. The maximum atomic E-state index is 14.7. The number of nitrogens with two attached hydrogens (primary N) is 1. The molecule has 5 nitrogen and oxygen atoms in total. The summed E-state index contributed by atoms with van der Waals surface area (Å²) in [6.07, 6.45) is 0. The van der Waals surface area contributed by atoms with Gasteiger partial charge in [0.25, 0.3) is 0 Å². The number of hydrogen-bond acceptors (Lipinski definition) is 5. The molecule has 0 amide bonds. The summed E-state index contributed by atoms with van der Waals surface area (Å²) >= 11 is 11.9. The summed E-state index contributed by atoms with van der Waals surface area (Å²) in [5.41, 5.74) is 6.11. The summed E-state index contributed by atoms with van der Waals surface area (Å²) in [6.45, 7) is -0.00849. The number of halogens is 3. The van der Waals surface area contributed by atoms with Crippen molar-refractivity contribution in [2.75, 3.05) is 20.0 Å². The lowest BCUT2D eigenvalue weighted by Crippen LogP contribution is -2.08. The van der Waals surface area contributed by atoms with Crippen molar-refractivity contribution >= 4 is 34.9 Å². The largest absolute Gasteiger partial charge is 0.464 e. The Hall–Kier alpha value is -1.89. The fraction of sp³-hybridized carbons (Fsp3) is 0.200. The molecule has 0 bridgehead atoms. The molecular formula is C15H13Cl2FN2O3. The van der Waals surface area contributed by atoms with E-state index in [1.165, 1.54) is 32.4 Å². The predicted molar refractivity (Wildman–Crippen MR) is 86.1 cm³/mol. The molecule has 2 rings (SSSR count). The van der Waals surface area contributed by atoms with E-state index in [4.69, 9.17) is 33.7 Å². The van der Waals surface area contributed by atoms with Gasteiger partial charge in [0.2, 0.25) is 0 Å². The van der Waals surface area contributed by atoms with Gasteiger partial charge in [0.15, 0.2) is 5.69 Å². The number of rotatable bonds is 4. The highest BCUT2D eigenvalue weighted by atomic mass is 35.5. The first-order chi connectivity index (χ1) is 10.9. The van der Waals surface area contributed by atoms with E-state index in [1.807, 2.05) is 0 Å². The minimum absolute atomic E-state index is 0.00849. The van der Waals surface area contributed by atoms with E-state index in [0.29, 0.717) is 0 Å². The van der Waals surface area contributed by atoms with Crippen LogP contribution in [0.2, 0.25) is 10.0 Å². The molecule has 1 aromatic carbocycles. The molecule has 8 heteroatoms. The molecule has 0 radical (unpaired) electrons. The van der Waals surface area contributed by atoms with Crippen molar-refractivity contribution in [3.63, 3.8) is 0 Å². The summed E-state index contributed by atoms with van der Waals surface area (Å²) in [7, 11) is 2.61. The van der Waals surface area contributed by atoms with Crippen molar-refractivity contribution in [3.05, 3.63) is 45.3 Å². The van der Waals surface area contributed by atoms with Crippen molar-refractivity contribution in [1.82, 2.24) is 4.98 Å². The first-order valence-corrected chi connectivity index (χ1v) is 7.16. The van der Waals surface area contributed by atoms with Crippen LogP contribution in [0.15, 0.2) is 18.2 Å². The molecule has 0 aliphatic rings. The maximum absolute atomic E-state index is 14.7. The first-order valence-electron chi connectivity index (χ1n) is 6.41. The molecule has 0 aliphatic heterocycles. The zero-order chi connectivity index (χ0) is 17.1. The van der Waals surface area contributed by atoms with E-state index in [-0.39, 0.29) is 44.9 Å². The molecule has 1 heterocycles. The van der Waals surface area contributed by atoms with E-state index in [1.54, 1.807) is 0 Å². The van der Waals surface area contributed by atoms with Crippen molar-refractivity contribution in [1.29, 1.82) is 0 Å². The zero-order valence-corrected chi connectivity index (χ0v) is 13.8. The van der Waals surface area contributed by atoms with Crippen LogP contribution in [0.5, 0.6) is 0 Å². The SMILES string of the molecule is COCc1c(Cl)ccc(-c2cc(N)c(Cl)c(C(=O)OC)n2)c1F. The van der Waals surface area contributed by atoms with Gasteiger partial charge in [0.05, 0.1) is 30.1 Å². The van der Waals surface area contributed by atoms with Gasteiger partial charge in [-0.1, -0.05) is 23.2 Å². The van der Waals surface area contributed by atoms with Crippen LogP contribution in [-0.2, 0) is 16.1 Å². The summed E-state index contributed by atoms with van der Waals surface area (Å²) in [5, 5.41) is 0.176. The third-order valence-electron chi connectivity index (χ3n) is 3.12. The molecule has 1 aromatic heterocycles. The number of nitrogens with zero attached hydrogens (tertiary/aromatic N) is 1. The number of anilines is 1. The van der Waals surface area contributed by atoms with Gasteiger partial charge in [-0.05, 0) is 18.2 Å². The molecule has 0 aliphatic carbocycles. The van der Waals surface area contributed by atoms with Crippen molar-refractivity contribution in [3.8, 4) is 11.3 Å². The van der Waals surface area contributed by atoms with Crippen LogP contribution in [0, 0.1) is 5.82 Å². The van der Waals surface area contributed by atoms with E-state index < -0.39 is 11.8 Å². The van der Waals surface area contributed by atoms with Crippen LogP contribution in [0.4, 0.5) is 10.1 Å². The Bertz CT molecular complexity index is 769. The van der Waals surface area contributed by atoms with Crippen LogP contribution in [0.1, 0.15) is 16.1 Å². The topological polar surface area (TPSA) is 74.4 Å². The molecule has 0 saturated heterocycles. The molecule has 0 unspecified atom stereocenters. The Kier molecular flexibility index (Phi) is 5.41. The average Bonchev–Trinajstić information content (AvgIpc) is 2.53. The fourth-order valence-corrected chi connectivity index (χ4v) is 2.37. The second kappa shape index (κ2) is 7.12. The smallest absolute Gasteiger partial charge is 0.358 e. The molecule has 0 atom stereocenters. The van der Waals surface area contributed by atoms with Crippen molar-refractivity contribution in [2.45, 2.75) is 6.61 Å². The van der Waals surface area contributed by atoms with Crippen LogP contribution < -0.4 is 5.73 Å².